The van der Waals surface area contributed by atoms with E-state index in [2.05, 4.69) is 51.1 Å². The van der Waals surface area contributed by atoms with E-state index in [0.717, 1.165) is 23.3 Å². The number of hydrogen-bond donors (Lipinski definition) is 0. The van der Waals surface area contributed by atoms with Gasteiger partial charge in [0.25, 0.3) is 0 Å². The lowest BCUT2D eigenvalue weighted by molar-refractivity contribution is 0.112. The first kappa shape index (κ1) is 13.2. The van der Waals surface area contributed by atoms with Gasteiger partial charge in [0.2, 0.25) is 0 Å². The standard InChI is InChI=1S/C14H22OSi/c1-4-14(5-2,15-16)12(3)11-13-9-7-6-8-10-13/h6-11H,4-5H2,1-3,16H3/b12-11+. The molecule has 1 rings (SSSR count). The molecule has 88 valence electrons. The third kappa shape index (κ3) is 2.83. The van der Waals surface area contributed by atoms with Gasteiger partial charge in [-0.15, -0.1) is 0 Å². The molecular formula is C14H22OSi. The Morgan fingerprint density at radius 1 is 1.25 bits per heavy atom. The van der Waals surface area contributed by atoms with Gasteiger partial charge in [0.05, 0.1) is 5.60 Å². The van der Waals surface area contributed by atoms with Crippen molar-refractivity contribution >= 4 is 16.6 Å². The molecule has 0 aliphatic heterocycles. The number of hydrogen-bond acceptors (Lipinski definition) is 1. The van der Waals surface area contributed by atoms with E-state index in [-0.39, 0.29) is 5.60 Å². The van der Waals surface area contributed by atoms with Crippen LogP contribution in [0.5, 0.6) is 0 Å². The summed E-state index contributed by atoms with van der Waals surface area (Å²) >= 11 is 0. The van der Waals surface area contributed by atoms with Crippen molar-refractivity contribution < 1.29 is 4.43 Å². The van der Waals surface area contributed by atoms with Crippen molar-refractivity contribution in [3.05, 3.63) is 41.5 Å². The molecule has 0 aliphatic rings. The molecule has 0 saturated carbocycles. The zero-order valence-electron chi connectivity index (χ0n) is 10.8. The normalized spacial score (nSPS) is 13.1. The van der Waals surface area contributed by atoms with Crippen LogP contribution in [0.25, 0.3) is 6.08 Å². The highest BCUT2D eigenvalue weighted by molar-refractivity contribution is 5.98. The molecule has 16 heavy (non-hydrogen) atoms. The van der Waals surface area contributed by atoms with Crippen LogP contribution in [0.1, 0.15) is 39.2 Å². The van der Waals surface area contributed by atoms with Crippen LogP contribution in [-0.4, -0.2) is 16.1 Å². The molecule has 1 aromatic rings. The molecule has 0 amide bonds. The topological polar surface area (TPSA) is 9.23 Å². The largest absolute Gasteiger partial charge is 0.419 e. The van der Waals surface area contributed by atoms with Crippen LogP contribution in [0, 0.1) is 0 Å². The molecule has 0 fully saturated rings. The van der Waals surface area contributed by atoms with Crippen LogP contribution < -0.4 is 0 Å². The van der Waals surface area contributed by atoms with Gasteiger partial charge in [-0.2, -0.15) is 0 Å². The maximum Gasteiger partial charge on any atom is 0.147 e. The van der Waals surface area contributed by atoms with Gasteiger partial charge in [0.15, 0.2) is 0 Å². The summed E-state index contributed by atoms with van der Waals surface area (Å²) in [4.78, 5) is 0. The van der Waals surface area contributed by atoms with E-state index >= 15 is 0 Å². The molecular weight excluding hydrogens is 212 g/mol. The molecule has 0 radical (unpaired) electrons. The summed E-state index contributed by atoms with van der Waals surface area (Å²) in [5.74, 6) is 0. The molecule has 0 heterocycles. The minimum absolute atomic E-state index is 0.0396. The maximum atomic E-state index is 5.84. The first-order valence-electron chi connectivity index (χ1n) is 5.97. The van der Waals surface area contributed by atoms with E-state index in [1.807, 2.05) is 6.07 Å². The predicted octanol–water partition coefficient (Wildman–Crippen LogP) is 2.95. The zero-order chi connectivity index (χ0) is 12.0. The SMILES string of the molecule is CCC(CC)(O[SiH3])/C(C)=C/c1ccccc1. The molecule has 0 bridgehead atoms. The van der Waals surface area contributed by atoms with Crippen molar-refractivity contribution in [1.82, 2.24) is 0 Å². The van der Waals surface area contributed by atoms with E-state index in [1.165, 1.54) is 11.1 Å². The van der Waals surface area contributed by atoms with Crippen LogP contribution in [-0.2, 0) is 4.43 Å². The van der Waals surface area contributed by atoms with E-state index in [0.29, 0.717) is 0 Å². The molecule has 0 N–H and O–H groups in total. The second-order valence-electron chi connectivity index (χ2n) is 4.14. The zero-order valence-corrected chi connectivity index (χ0v) is 12.8. The van der Waals surface area contributed by atoms with Crippen molar-refractivity contribution in [2.45, 2.75) is 39.2 Å². The summed E-state index contributed by atoms with van der Waals surface area (Å²) in [6.45, 7) is 6.57. The second-order valence-corrected chi connectivity index (χ2v) is 4.55. The number of benzene rings is 1. The Hall–Kier alpha value is -0.863. The molecule has 0 aliphatic carbocycles. The van der Waals surface area contributed by atoms with Gasteiger partial charge in [0.1, 0.15) is 10.5 Å². The van der Waals surface area contributed by atoms with Crippen LogP contribution in [0.15, 0.2) is 35.9 Å². The minimum atomic E-state index is -0.0396. The van der Waals surface area contributed by atoms with Crippen LogP contribution in [0.4, 0.5) is 0 Å². The van der Waals surface area contributed by atoms with Crippen molar-refractivity contribution in [3.63, 3.8) is 0 Å². The van der Waals surface area contributed by atoms with Crippen molar-refractivity contribution in [1.29, 1.82) is 0 Å². The molecule has 0 aromatic heterocycles. The monoisotopic (exact) mass is 234 g/mol. The fourth-order valence-corrected chi connectivity index (χ4v) is 3.09. The Kier molecular flexibility index (Phi) is 4.96. The van der Waals surface area contributed by atoms with Crippen molar-refractivity contribution in [2.75, 3.05) is 0 Å². The highest BCUT2D eigenvalue weighted by atomic mass is 28.2. The smallest absolute Gasteiger partial charge is 0.147 e. The lowest BCUT2D eigenvalue weighted by atomic mass is 9.88. The molecule has 1 aromatic carbocycles. The summed E-state index contributed by atoms with van der Waals surface area (Å²) in [6.07, 6.45) is 4.33. The Bertz CT molecular complexity index is 331. The highest BCUT2D eigenvalue weighted by Crippen LogP contribution is 2.29. The molecule has 0 atom stereocenters. The second kappa shape index (κ2) is 6.02. The van der Waals surface area contributed by atoms with Gasteiger partial charge in [-0.1, -0.05) is 50.3 Å². The Balaban J connectivity index is 2.99. The quantitative estimate of drug-likeness (QED) is 0.712. The summed E-state index contributed by atoms with van der Waals surface area (Å²) in [6, 6.07) is 10.4. The molecule has 1 nitrogen and oxygen atoms in total. The Labute approximate surface area is 102 Å². The van der Waals surface area contributed by atoms with Crippen molar-refractivity contribution in [3.8, 4) is 0 Å². The van der Waals surface area contributed by atoms with Gasteiger partial charge >= 0.3 is 0 Å². The Morgan fingerprint density at radius 3 is 2.25 bits per heavy atom. The fourth-order valence-electron chi connectivity index (χ4n) is 2.19. The van der Waals surface area contributed by atoms with Gasteiger partial charge in [0, 0.05) is 0 Å². The van der Waals surface area contributed by atoms with E-state index in [4.69, 9.17) is 4.43 Å². The summed E-state index contributed by atoms with van der Waals surface area (Å²) < 4.78 is 5.84. The number of rotatable bonds is 5. The maximum absolute atomic E-state index is 5.84. The van der Waals surface area contributed by atoms with Gasteiger partial charge < -0.3 is 4.43 Å². The molecule has 0 saturated heterocycles. The molecule has 2 heteroatoms. The predicted molar refractivity (Wildman–Crippen MR) is 74.4 cm³/mol. The first-order chi connectivity index (χ1) is 7.68. The van der Waals surface area contributed by atoms with Gasteiger partial charge in [-0.3, -0.25) is 0 Å². The van der Waals surface area contributed by atoms with E-state index < -0.39 is 0 Å². The lowest BCUT2D eigenvalue weighted by Crippen LogP contribution is -2.31. The van der Waals surface area contributed by atoms with E-state index in [9.17, 15) is 0 Å². The molecule has 0 spiro atoms. The average molecular weight is 234 g/mol. The third-order valence-electron chi connectivity index (χ3n) is 3.43. The lowest BCUT2D eigenvalue weighted by Gasteiger charge is -2.32. The Morgan fingerprint density at radius 2 is 1.81 bits per heavy atom. The van der Waals surface area contributed by atoms with Gasteiger partial charge in [-0.05, 0) is 30.9 Å². The average Bonchev–Trinajstić information content (AvgIpc) is 2.33. The first-order valence-corrected chi connectivity index (χ1v) is 6.79. The highest BCUT2D eigenvalue weighted by Gasteiger charge is 2.26. The summed E-state index contributed by atoms with van der Waals surface area (Å²) in [5.41, 5.74) is 2.55. The summed E-state index contributed by atoms with van der Waals surface area (Å²) in [7, 11) is 0.789. The third-order valence-corrected chi connectivity index (χ3v) is 4.22. The van der Waals surface area contributed by atoms with Crippen LogP contribution in [0.2, 0.25) is 0 Å². The molecule has 0 unspecified atom stereocenters. The summed E-state index contributed by atoms with van der Waals surface area (Å²) in [5, 5.41) is 0. The van der Waals surface area contributed by atoms with Crippen molar-refractivity contribution in [2.24, 2.45) is 0 Å². The fraction of sp³-hybridized carbons (Fsp3) is 0.429. The van der Waals surface area contributed by atoms with Gasteiger partial charge in [-0.25, -0.2) is 0 Å². The minimum Gasteiger partial charge on any atom is -0.419 e. The van der Waals surface area contributed by atoms with E-state index in [1.54, 1.807) is 0 Å². The van der Waals surface area contributed by atoms with Crippen LogP contribution in [0.3, 0.4) is 0 Å². The van der Waals surface area contributed by atoms with Crippen LogP contribution >= 0.6 is 0 Å².